The molecule has 0 aromatic rings. The molecule has 0 aromatic carbocycles. The molecule has 0 amide bonds. The summed E-state index contributed by atoms with van der Waals surface area (Å²) in [4.78, 5) is 2.70. The number of hydrogen-bond donors (Lipinski definition) is 2. The lowest BCUT2D eigenvalue weighted by Crippen LogP contribution is -2.54. The van der Waals surface area contributed by atoms with Crippen LogP contribution in [0.25, 0.3) is 0 Å². The number of likely N-dealkylation sites (tertiary alicyclic amines) is 1. The molecular formula is C18H36N2O. The summed E-state index contributed by atoms with van der Waals surface area (Å²) in [6.45, 7) is 9.58. The Bertz CT molecular complexity index is 308. The minimum atomic E-state index is -0.0107. The first kappa shape index (κ1) is 17.2. The standard InChI is InChI=1S/C18H36N2O/c1-15(2)19-18(14-21)11-7-9-17(18)10-13-20-12-6-4-5-8-16(20)3/h15-17,19,21H,4-14H2,1-3H3. The van der Waals surface area contributed by atoms with Gasteiger partial charge in [-0.2, -0.15) is 0 Å². The fraction of sp³-hybridized carbons (Fsp3) is 1.00. The lowest BCUT2D eigenvalue weighted by Gasteiger charge is -2.38. The zero-order valence-electron chi connectivity index (χ0n) is 14.4. The smallest absolute Gasteiger partial charge is 0.0616 e. The third-order valence-electron chi connectivity index (χ3n) is 5.77. The summed E-state index contributed by atoms with van der Waals surface area (Å²) in [5, 5.41) is 13.7. The summed E-state index contributed by atoms with van der Waals surface area (Å²) < 4.78 is 0. The van der Waals surface area contributed by atoms with Crippen molar-refractivity contribution in [3.05, 3.63) is 0 Å². The Kier molecular flexibility index (Phi) is 6.51. The molecule has 1 saturated heterocycles. The Labute approximate surface area is 131 Å². The summed E-state index contributed by atoms with van der Waals surface area (Å²) in [7, 11) is 0. The molecule has 1 heterocycles. The van der Waals surface area contributed by atoms with Crippen molar-refractivity contribution in [2.75, 3.05) is 19.7 Å². The molecule has 3 heteroatoms. The van der Waals surface area contributed by atoms with E-state index in [-0.39, 0.29) is 5.54 Å². The van der Waals surface area contributed by atoms with E-state index in [2.05, 4.69) is 31.0 Å². The van der Waals surface area contributed by atoms with Gasteiger partial charge < -0.3 is 15.3 Å². The summed E-state index contributed by atoms with van der Waals surface area (Å²) >= 11 is 0. The third kappa shape index (κ3) is 4.43. The van der Waals surface area contributed by atoms with Crippen LogP contribution in [-0.2, 0) is 0 Å². The number of nitrogens with one attached hydrogen (secondary N) is 1. The Morgan fingerprint density at radius 2 is 2.00 bits per heavy atom. The number of nitrogens with zero attached hydrogens (tertiary/aromatic N) is 1. The van der Waals surface area contributed by atoms with E-state index in [0.717, 1.165) is 12.5 Å². The van der Waals surface area contributed by atoms with Crippen LogP contribution in [0, 0.1) is 5.92 Å². The summed E-state index contributed by atoms with van der Waals surface area (Å²) in [5.74, 6) is 0.639. The van der Waals surface area contributed by atoms with Gasteiger partial charge in [-0.05, 0) is 58.0 Å². The predicted molar refractivity (Wildman–Crippen MR) is 89.5 cm³/mol. The molecular weight excluding hydrogens is 260 g/mol. The monoisotopic (exact) mass is 296 g/mol. The molecule has 3 atom stereocenters. The first-order chi connectivity index (χ1) is 10.1. The van der Waals surface area contributed by atoms with Crippen molar-refractivity contribution in [3.8, 4) is 0 Å². The summed E-state index contributed by atoms with van der Waals surface area (Å²) in [5.41, 5.74) is -0.0107. The van der Waals surface area contributed by atoms with Crippen molar-refractivity contribution in [2.24, 2.45) is 5.92 Å². The lowest BCUT2D eigenvalue weighted by molar-refractivity contribution is 0.0986. The first-order valence-electron chi connectivity index (χ1n) is 9.20. The second kappa shape index (κ2) is 7.94. The van der Waals surface area contributed by atoms with Crippen LogP contribution in [-0.4, -0.2) is 47.3 Å². The minimum Gasteiger partial charge on any atom is -0.394 e. The molecule has 0 spiro atoms. The van der Waals surface area contributed by atoms with E-state index < -0.39 is 0 Å². The van der Waals surface area contributed by atoms with Gasteiger partial charge in [0.05, 0.1) is 6.61 Å². The van der Waals surface area contributed by atoms with Gasteiger partial charge in [-0.15, -0.1) is 0 Å². The lowest BCUT2D eigenvalue weighted by atomic mass is 9.84. The van der Waals surface area contributed by atoms with Gasteiger partial charge in [0.25, 0.3) is 0 Å². The predicted octanol–water partition coefficient (Wildman–Crippen LogP) is 3.17. The maximum absolute atomic E-state index is 9.99. The zero-order chi connectivity index (χ0) is 15.3. The summed E-state index contributed by atoms with van der Waals surface area (Å²) in [6.07, 6.45) is 10.5. The largest absolute Gasteiger partial charge is 0.394 e. The quantitative estimate of drug-likeness (QED) is 0.790. The van der Waals surface area contributed by atoms with Gasteiger partial charge in [0.1, 0.15) is 0 Å². The number of hydrogen-bond acceptors (Lipinski definition) is 3. The van der Waals surface area contributed by atoms with E-state index in [4.69, 9.17) is 0 Å². The topological polar surface area (TPSA) is 35.5 Å². The van der Waals surface area contributed by atoms with Gasteiger partial charge in [0, 0.05) is 17.6 Å². The van der Waals surface area contributed by atoms with Crippen molar-refractivity contribution in [1.29, 1.82) is 0 Å². The Morgan fingerprint density at radius 1 is 1.19 bits per heavy atom. The normalized spacial score (nSPS) is 35.3. The van der Waals surface area contributed by atoms with Gasteiger partial charge in [-0.3, -0.25) is 0 Å². The van der Waals surface area contributed by atoms with E-state index in [1.807, 2.05) is 0 Å². The molecule has 2 N–H and O–H groups in total. The molecule has 21 heavy (non-hydrogen) atoms. The highest BCUT2D eigenvalue weighted by molar-refractivity contribution is 5.00. The molecule has 1 aliphatic carbocycles. The van der Waals surface area contributed by atoms with E-state index in [9.17, 15) is 5.11 Å². The fourth-order valence-corrected chi connectivity index (χ4v) is 4.57. The van der Waals surface area contributed by atoms with Crippen molar-refractivity contribution >= 4 is 0 Å². The molecule has 1 aliphatic heterocycles. The number of aliphatic hydroxyl groups is 1. The van der Waals surface area contributed by atoms with Crippen molar-refractivity contribution in [1.82, 2.24) is 10.2 Å². The van der Waals surface area contributed by atoms with Gasteiger partial charge in [-0.25, -0.2) is 0 Å². The third-order valence-corrected chi connectivity index (χ3v) is 5.77. The van der Waals surface area contributed by atoms with Crippen LogP contribution in [0.1, 0.15) is 72.1 Å². The van der Waals surface area contributed by atoms with E-state index in [1.165, 1.54) is 58.0 Å². The average Bonchev–Trinajstić information content (AvgIpc) is 2.72. The maximum Gasteiger partial charge on any atom is 0.0616 e. The molecule has 2 rings (SSSR count). The van der Waals surface area contributed by atoms with E-state index in [1.54, 1.807) is 0 Å². The molecule has 1 saturated carbocycles. The molecule has 3 nitrogen and oxygen atoms in total. The Balaban J connectivity index is 1.91. The summed E-state index contributed by atoms with van der Waals surface area (Å²) in [6, 6.07) is 1.20. The fourth-order valence-electron chi connectivity index (χ4n) is 4.57. The highest BCUT2D eigenvalue weighted by Crippen LogP contribution is 2.38. The van der Waals surface area contributed by atoms with Gasteiger partial charge in [-0.1, -0.05) is 33.1 Å². The van der Waals surface area contributed by atoms with Gasteiger partial charge >= 0.3 is 0 Å². The van der Waals surface area contributed by atoms with Crippen LogP contribution < -0.4 is 5.32 Å². The van der Waals surface area contributed by atoms with Crippen LogP contribution in [0.5, 0.6) is 0 Å². The maximum atomic E-state index is 9.99. The van der Waals surface area contributed by atoms with Crippen LogP contribution in [0.4, 0.5) is 0 Å². The molecule has 2 fully saturated rings. The second-order valence-corrected chi connectivity index (χ2v) is 7.73. The molecule has 0 aromatic heterocycles. The van der Waals surface area contributed by atoms with E-state index in [0.29, 0.717) is 18.6 Å². The van der Waals surface area contributed by atoms with Crippen molar-refractivity contribution in [2.45, 2.75) is 89.8 Å². The molecule has 0 bridgehead atoms. The van der Waals surface area contributed by atoms with Gasteiger partial charge in [0.15, 0.2) is 0 Å². The van der Waals surface area contributed by atoms with Crippen molar-refractivity contribution < 1.29 is 5.11 Å². The Morgan fingerprint density at radius 3 is 2.71 bits per heavy atom. The van der Waals surface area contributed by atoms with Crippen LogP contribution in [0.15, 0.2) is 0 Å². The molecule has 3 unspecified atom stereocenters. The Hall–Kier alpha value is -0.120. The number of rotatable bonds is 6. The van der Waals surface area contributed by atoms with Crippen LogP contribution in [0.3, 0.4) is 0 Å². The molecule has 124 valence electrons. The molecule has 0 radical (unpaired) electrons. The van der Waals surface area contributed by atoms with Gasteiger partial charge in [0.2, 0.25) is 0 Å². The van der Waals surface area contributed by atoms with Crippen LogP contribution in [0.2, 0.25) is 0 Å². The second-order valence-electron chi connectivity index (χ2n) is 7.73. The number of aliphatic hydroxyl groups excluding tert-OH is 1. The van der Waals surface area contributed by atoms with E-state index >= 15 is 0 Å². The zero-order valence-corrected chi connectivity index (χ0v) is 14.4. The molecule has 2 aliphatic rings. The minimum absolute atomic E-state index is 0.0107. The van der Waals surface area contributed by atoms with Crippen molar-refractivity contribution in [3.63, 3.8) is 0 Å². The van der Waals surface area contributed by atoms with Crippen LogP contribution >= 0.6 is 0 Å². The average molecular weight is 296 g/mol. The SMILES string of the molecule is CC(C)NC1(CO)CCCC1CCN1CCCCCC1C. The highest BCUT2D eigenvalue weighted by atomic mass is 16.3. The highest BCUT2D eigenvalue weighted by Gasteiger charge is 2.42. The first-order valence-corrected chi connectivity index (χ1v) is 9.20.